The number of methoxy groups -OCH3 is 1. The molecule has 0 unspecified atom stereocenters. The standard InChI is InChI=1S/C20H23N3O4S/c1-12-6-5-7-16(13(12)2)21-20(28)23-22-14(3)15-8-9-17(18(10-15)26-4)27-11-19(24)25/h5-10H,11H2,1-4H3,(H,24,25)(H2,21,23,28)/p-1/b22-14-. The van der Waals surface area contributed by atoms with Gasteiger partial charge >= 0.3 is 0 Å². The number of hydrogen-bond acceptors (Lipinski definition) is 6. The summed E-state index contributed by atoms with van der Waals surface area (Å²) < 4.78 is 10.4. The first-order valence-corrected chi connectivity index (χ1v) is 8.91. The Kier molecular flexibility index (Phi) is 7.34. The van der Waals surface area contributed by atoms with Crippen LogP contribution in [-0.4, -0.2) is 30.5 Å². The van der Waals surface area contributed by atoms with Crippen molar-refractivity contribution in [3.63, 3.8) is 0 Å². The molecule has 2 aromatic carbocycles. The lowest BCUT2D eigenvalue weighted by atomic mass is 10.1. The number of rotatable bonds is 7. The summed E-state index contributed by atoms with van der Waals surface area (Å²) in [6, 6.07) is 11.0. The number of anilines is 1. The van der Waals surface area contributed by atoms with E-state index in [4.69, 9.17) is 21.7 Å². The zero-order chi connectivity index (χ0) is 20.7. The summed E-state index contributed by atoms with van der Waals surface area (Å²) in [6.45, 7) is 5.31. The van der Waals surface area contributed by atoms with Gasteiger partial charge in [0, 0.05) is 11.3 Å². The van der Waals surface area contributed by atoms with Crippen LogP contribution in [0.4, 0.5) is 5.69 Å². The number of nitrogens with zero attached hydrogens (tertiary/aromatic N) is 1. The van der Waals surface area contributed by atoms with Crippen molar-refractivity contribution < 1.29 is 19.4 Å². The predicted molar refractivity (Wildman–Crippen MR) is 111 cm³/mol. The van der Waals surface area contributed by atoms with Crippen LogP contribution >= 0.6 is 12.2 Å². The van der Waals surface area contributed by atoms with Gasteiger partial charge in [-0.05, 0) is 68.4 Å². The number of aliphatic carboxylic acids is 1. The molecule has 0 saturated carbocycles. The summed E-state index contributed by atoms with van der Waals surface area (Å²) in [4.78, 5) is 10.5. The van der Waals surface area contributed by atoms with Crippen LogP contribution < -0.4 is 25.3 Å². The summed E-state index contributed by atoms with van der Waals surface area (Å²) in [7, 11) is 1.47. The predicted octanol–water partition coefficient (Wildman–Crippen LogP) is 2.15. The summed E-state index contributed by atoms with van der Waals surface area (Å²) >= 11 is 5.30. The summed E-state index contributed by atoms with van der Waals surface area (Å²) in [6.07, 6.45) is 0. The SMILES string of the molecule is COc1cc(/C(C)=N\NC(=S)Nc2cccc(C)c2C)ccc1OCC(=O)[O-]. The Labute approximate surface area is 169 Å². The topological polar surface area (TPSA) is 95.0 Å². The molecular formula is C20H22N3O4S-. The zero-order valence-corrected chi connectivity index (χ0v) is 17.0. The highest BCUT2D eigenvalue weighted by Crippen LogP contribution is 2.28. The van der Waals surface area contributed by atoms with Gasteiger partial charge in [-0.3, -0.25) is 5.43 Å². The molecule has 2 N–H and O–H groups in total. The third-order valence-corrected chi connectivity index (χ3v) is 4.30. The number of carboxylic acids is 1. The number of hydrazone groups is 1. The second kappa shape index (κ2) is 9.70. The molecule has 0 aliphatic rings. The van der Waals surface area contributed by atoms with Crippen LogP contribution in [0.2, 0.25) is 0 Å². The molecular weight excluding hydrogens is 378 g/mol. The highest BCUT2D eigenvalue weighted by Gasteiger charge is 2.08. The minimum Gasteiger partial charge on any atom is -0.546 e. The maximum absolute atomic E-state index is 10.5. The van der Waals surface area contributed by atoms with E-state index < -0.39 is 12.6 Å². The minimum atomic E-state index is -1.31. The summed E-state index contributed by atoms with van der Waals surface area (Å²) in [5.41, 5.74) is 7.44. The van der Waals surface area contributed by atoms with Gasteiger partial charge < -0.3 is 24.7 Å². The third kappa shape index (κ3) is 5.68. The maximum atomic E-state index is 10.5. The van der Waals surface area contributed by atoms with E-state index in [1.807, 2.05) is 39.0 Å². The Morgan fingerprint density at radius 3 is 2.64 bits per heavy atom. The number of ether oxygens (including phenoxy) is 2. The molecule has 0 aromatic heterocycles. The van der Waals surface area contributed by atoms with Crippen LogP contribution in [0, 0.1) is 13.8 Å². The molecule has 28 heavy (non-hydrogen) atoms. The van der Waals surface area contributed by atoms with Gasteiger partial charge in [0.1, 0.15) is 6.61 Å². The monoisotopic (exact) mass is 400 g/mol. The van der Waals surface area contributed by atoms with Crippen molar-refractivity contribution in [1.82, 2.24) is 5.43 Å². The normalized spacial score (nSPS) is 10.9. The average Bonchev–Trinajstić information content (AvgIpc) is 2.67. The molecule has 148 valence electrons. The van der Waals surface area contributed by atoms with E-state index in [2.05, 4.69) is 15.8 Å². The number of hydrogen-bond donors (Lipinski definition) is 2. The molecule has 2 rings (SSSR count). The van der Waals surface area contributed by atoms with Crippen molar-refractivity contribution in [2.45, 2.75) is 20.8 Å². The lowest BCUT2D eigenvalue weighted by Crippen LogP contribution is -2.29. The second-order valence-corrected chi connectivity index (χ2v) is 6.45. The van der Waals surface area contributed by atoms with Gasteiger partial charge in [-0.25, -0.2) is 0 Å². The van der Waals surface area contributed by atoms with Gasteiger partial charge in [0.15, 0.2) is 16.6 Å². The van der Waals surface area contributed by atoms with Crippen molar-refractivity contribution in [3.8, 4) is 11.5 Å². The lowest BCUT2D eigenvalue weighted by Gasteiger charge is -2.13. The Morgan fingerprint density at radius 2 is 1.96 bits per heavy atom. The van der Waals surface area contributed by atoms with Gasteiger partial charge in [0.25, 0.3) is 0 Å². The number of thiocarbonyl (C=S) groups is 1. The van der Waals surface area contributed by atoms with Crippen LogP contribution in [-0.2, 0) is 4.79 Å². The largest absolute Gasteiger partial charge is 0.546 e. The third-order valence-electron chi connectivity index (χ3n) is 4.10. The molecule has 0 atom stereocenters. The van der Waals surface area contributed by atoms with E-state index in [0.29, 0.717) is 22.3 Å². The molecule has 8 heteroatoms. The molecule has 0 aliphatic heterocycles. The Hall–Kier alpha value is -3.13. The van der Waals surface area contributed by atoms with Crippen molar-refractivity contribution in [2.24, 2.45) is 5.10 Å². The van der Waals surface area contributed by atoms with Crippen LogP contribution in [0.5, 0.6) is 11.5 Å². The van der Waals surface area contributed by atoms with E-state index >= 15 is 0 Å². The van der Waals surface area contributed by atoms with Crippen molar-refractivity contribution in [1.29, 1.82) is 0 Å². The van der Waals surface area contributed by atoms with E-state index in [9.17, 15) is 9.90 Å². The number of carbonyl (C=O) groups is 1. The fraction of sp³-hybridized carbons (Fsp3) is 0.250. The van der Waals surface area contributed by atoms with Gasteiger partial charge in [0.2, 0.25) is 0 Å². The van der Waals surface area contributed by atoms with Crippen molar-refractivity contribution >= 4 is 34.7 Å². The maximum Gasteiger partial charge on any atom is 0.191 e. The number of carbonyl (C=O) groups excluding carboxylic acids is 1. The van der Waals surface area contributed by atoms with E-state index in [0.717, 1.165) is 16.8 Å². The molecule has 0 spiro atoms. The van der Waals surface area contributed by atoms with E-state index in [-0.39, 0.29) is 0 Å². The van der Waals surface area contributed by atoms with Gasteiger partial charge in [0.05, 0.1) is 18.8 Å². The zero-order valence-electron chi connectivity index (χ0n) is 16.2. The minimum absolute atomic E-state index is 0.309. The Morgan fingerprint density at radius 1 is 1.21 bits per heavy atom. The fourth-order valence-corrected chi connectivity index (χ4v) is 2.54. The summed E-state index contributed by atoms with van der Waals surface area (Å²) in [5.74, 6) is -0.606. The number of benzene rings is 2. The molecule has 0 radical (unpaired) electrons. The first kappa shape index (κ1) is 21.2. The molecule has 7 nitrogen and oxygen atoms in total. The van der Waals surface area contributed by atoms with Crippen LogP contribution in [0.1, 0.15) is 23.6 Å². The van der Waals surface area contributed by atoms with Gasteiger partial charge in [-0.15, -0.1) is 0 Å². The van der Waals surface area contributed by atoms with Crippen LogP contribution in [0.25, 0.3) is 0 Å². The fourth-order valence-electron chi connectivity index (χ4n) is 2.38. The van der Waals surface area contributed by atoms with Gasteiger partial charge in [-0.1, -0.05) is 12.1 Å². The van der Waals surface area contributed by atoms with E-state index in [1.54, 1.807) is 18.2 Å². The summed E-state index contributed by atoms with van der Waals surface area (Å²) in [5, 5.41) is 18.3. The molecule has 0 bridgehead atoms. The molecule has 0 heterocycles. The molecule has 0 amide bonds. The first-order valence-electron chi connectivity index (χ1n) is 8.50. The molecule has 0 saturated heterocycles. The van der Waals surface area contributed by atoms with Gasteiger partial charge in [-0.2, -0.15) is 5.10 Å². The number of nitrogens with one attached hydrogen (secondary N) is 2. The van der Waals surface area contributed by atoms with Crippen LogP contribution in [0.3, 0.4) is 0 Å². The van der Waals surface area contributed by atoms with Crippen LogP contribution in [0.15, 0.2) is 41.5 Å². The Bertz CT molecular complexity index is 912. The smallest absolute Gasteiger partial charge is 0.191 e. The Balaban J connectivity index is 2.06. The van der Waals surface area contributed by atoms with Crippen molar-refractivity contribution in [2.75, 3.05) is 19.0 Å². The quantitative estimate of drug-likeness (QED) is 0.418. The number of carboxylic acid groups (broad SMARTS) is 1. The highest BCUT2D eigenvalue weighted by atomic mass is 32.1. The highest BCUT2D eigenvalue weighted by molar-refractivity contribution is 7.80. The molecule has 2 aromatic rings. The molecule has 0 fully saturated rings. The molecule has 0 aliphatic carbocycles. The lowest BCUT2D eigenvalue weighted by molar-refractivity contribution is -0.307. The number of aryl methyl sites for hydroxylation is 1. The first-order chi connectivity index (χ1) is 13.3. The van der Waals surface area contributed by atoms with Crippen molar-refractivity contribution in [3.05, 3.63) is 53.1 Å². The average molecular weight is 400 g/mol. The second-order valence-electron chi connectivity index (χ2n) is 6.04. The van der Waals surface area contributed by atoms with E-state index in [1.165, 1.54) is 12.7 Å².